The second kappa shape index (κ2) is 11.8. The van der Waals surface area contributed by atoms with Crippen molar-refractivity contribution in [2.75, 3.05) is 0 Å². The Labute approximate surface area is 255 Å². The largest absolute Gasteiger partial charge is 0.481 e. The van der Waals surface area contributed by atoms with Crippen molar-refractivity contribution >= 4 is 60.7 Å². The van der Waals surface area contributed by atoms with Crippen molar-refractivity contribution in [3.63, 3.8) is 0 Å². The summed E-state index contributed by atoms with van der Waals surface area (Å²) in [6.45, 7) is 12.2. The van der Waals surface area contributed by atoms with E-state index in [2.05, 4.69) is 54.0 Å². The third-order valence-electron chi connectivity index (χ3n) is 8.60. The lowest BCUT2D eigenvalue weighted by molar-refractivity contribution is -0.137. The normalized spacial score (nSPS) is 16.7. The summed E-state index contributed by atoms with van der Waals surface area (Å²) in [5.41, 5.74) is 11.3. The Morgan fingerprint density at radius 2 is 1.49 bits per heavy atom. The molecule has 5 heterocycles. The van der Waals surface area contributed by atoms with Gasteiger partial charge < -0.3 is 25.2 Å². The number of nitrogens with zero attached hydrogens (tertiary/aromatic N) is 1. The number of aliphatic imine (C=N–C) groups is 1. The first-order valence-corrected chi connectivity index (χ1v) is 15.0. The first kappa shape index (κ1) is 30.2. The van der Waals surface area contributed by atoms with E-state index in [1.807, 2.05) is 32.9 Å². The molecule has 224 valence electrons. The van der Waals surface area contributed by atoms with Gasteiger partial charge in [0.2, 0.25) is 0 Å². The van der Waals surface area contributed by atoms with E-state index in [9.17, 15) is 19.8 Å². The quantitative estimate of drug-likeness (QED) is 0.231. The van der Waals surface area contributed by atoms with Crippen LogP contribution >= 0.6 is 12.6 Å². The third kappa shape index (κ3) is 5.73. The number of hydrogen-bond donors (Lipinski definition) is 6. The van der Waals surface area contributed by atoms with Gasteiger partial charge in [0, 0.05) is 51.2 Å². The summed E-state index contributed by atoms with van der Waals surface area (Å²) in [4.78, 5) is 38.9. The molecule has 8 nitrogen and oxygen atoms in total. The summed E-state index contributed by atoms with van der Waals surface area (Å²) < 4.78 is 0. The lowest BCUT2D eigenvalue weighted by atomic mass is 9.99. The van der Waals surface area contributed by atoms with E-state index in [0.29, 0.717) is 18.6 Å². The standard InChI is InChI=1S/C34H38N4O4S/c1-7-21-16(2)24-12-25-17(3)22(8-10-32(39)40)29(36-25)15-30-23(9-11-33(41)42)18(4)26(37-30)14-31-34(20(6)43)19(5)27(38-31)13-28(21)35-24/h7,12-15,20,35,37-38,43H,8-11H2,1-6H3,(H,39,40)(H,41,42)/b21-7-,25-12-,26-14?,28-13?,30-15?. The van der Waals surface area contributed by atoms with E-state index in [1.54, 1.807) is 0 Å². The number of fused-ring (bicyclic) bond motifs is 7. The average molecular weight is 599 g/mol. The van der Waals surface area contributed by atoms with Crippen LogP contribution in [0.25, 0.3) is 30.4 Å². The second-order valence-corrected chi connectivity index (χ2v) is 12.1. The summed E-state index contributed by atoms with van der Waals surface area (Å²) in [5, 5.41) is 22.7. The van der Waals surface area contributed by atoms with Crippen molar-refractivity contribution in [3.8, 4) is 0 Å². The average Bonchev–Trinajstić information content (AvgIpc) is 3.59. The van der Waals surface area contributed by atoms with E-state index in [4.69, 9.17) is 17.6 Å². The fourth-order valence-corrected chi connectivity index (χ4v) is 6.56. The second-order valence-electron chi connectivity index (χ2n) is 11.4. The van der Waals surface area contributed by atoms with Crippen molar-refractivity contribution in [1.82, 2.24) is 15.0 Å². The zero-order valence-electron chi connectivity index (χ0n) is 25.4. The molecule has 5 N–H and O–H groups in total. The zero-order chi connectivity index (χ0) is 31.2. The number of nitrogens with one attached hydrogen (secondary N) is 3. The fraction of sp³-hybridized carbons (Fsp3) is 0.324. The maximum Gasteiger partial charge on any atom is 0.303 e. The molecule has 0 aromatic carbocycles. The van der Waals surface area contributed by atoms with Crippen molar-refractivity contribution in [2.45, 2.75) is 72.5 Å². The van der Waals surface area contributed by atoms with Crippen LogP contribution in [0, 0.1) is 20.8 Å². The van der Waals surface area contributed by atoms with Crippen LogP contribution in [0.5, 0.6) is 0 Å². The highest BCUT2D eigenvalue weighted by Gasteiger charge is 2.22. The predicted octanol–water partition coefficient (Wildman–Crippen LogP) is 3.83. The topological polar surface area (TPSA) is 134 Å². The molecule has 1 unspecified atom stereocenters. The number of carbonyl (C=O) groups is 2. The number of aromatic nitrogens is 3. The van der Waals surface area contributed by atoms with Crippen LogP contribution in [-0.4, -0.2) is 42.8 Å². The minimum absolute atomic E-state index is 0.0119. The molecule has 0 saturated heterocycles. The SMILES string of the molecule is C/C=c1/c(C)c2[nH]c1=Cc1[nH]c(c(C(C)S)c1C)C=c1[nH]c(c(CCC(=O)O)c1C)=CC1=N/C(=C\2)C(C)=C1CCC(=O)O. The molecule has 2 aliphatic heterocycles. The molecule has 3 aromatic rings. The van der Waals surface area contributed by atoms with Crippen LogP contribution in [0.2, 0.25) is 0 Å². The molecule has 1 atom stereocenters. The van der Waals surface area contributed by atoms with E-state index < -0.39 is 11.9 Å². The monoisotopic (exact) mass is 598 g/mol. The molecule has 0 amide bonds. The fourth-order valence-electron chi connectivity index (χ4n) is 6.23. The van der Waals surface area contributed by atoms with Gasteiger partial charge in [0.05, 0.1) is 11.4 Å². The lowest BCUT2D eigenvalue weighted by Crippen LogP contribution is -2.23. The van der Waals surface area contributed by atoms with Crippen molar-refractivity contribution in [1.29, 1.82) is 0 Å². The van der Waals surface area contributed by atoms with Crippen LogP contribution in [0.1, 0.15) is 90.2 Å². The minimum atomic E-state index is -0.872. The van der Waals surface area contributed by atoms with Crippen LogP contribution in [0.3, 0.4) is 0 Å². The first-order chi connectivity index (χ1) is 20.4. The number of H-pyrrole nitrogens is 3. The highest BCUT2D eigenvalue weighted by Crippen LogP contribution is 2.31. The Kier molecular flexibility index (Phi) is 8.29. The molecular formula is C34H38N4O4S. The molecule has 43 heavy (non-hydrogen) atoms. The molecule has 0 fully saturated rings. The predicted molar refractivity (Wildman–Crippen MR) is 175 cm³/mol. The zero-order valence-corrected chi connectivity index (χ0v) is 26.3. The van der Waals surface area contributed by atoms with Gasteiger partial charge in [-0.05, 0) is 123 Å². The molecule has 2 aliphatic rings. The van der Waals surface area contributed by atoms with Crippen LogP contribution in [0.15, 0.2) is 21.8 Å². The highest BCUT2D eigenvalue weighted by atomic mass is 32.1. The van der Waals surface area contributed by atoms with Gasteiger partial charge in [-0.3, -0.25) is 9.59 Å². The Morgan fingerprint density at radius 1 is 0.837 bits per heavy atom. The molecule has 8 bridgehead atoms. The molecule has 9 heteroatoms. The van der Waals surface area contributed by atoms with E-state index in [1.165, 1.54) is 0 Å². The molecule has 0 spiro atoms. The van der Waals surface area contributed by atoms with Crippen LogP contribution < -0.4 is 21.3 Å². The van der Waals surface area contributed by atoms with Gasteiger partial charge in [0.25, 0.3) is 0 Å². The van der Waals surface area contributed by atoms with Crippen molar-refractivity contribution in [3.05, 3.63) is 83.0 Å². The molecular weight excluding hydrogens is 560 g/mol. The minimum Gasteiger partial charge on any atom is -0.481 e. The highest BCUT2D eigenvalue weighted by molar-refractivity contribution is 7.80. The Balaban J connectivity index is 1.90. The van der Waals surface area contributed by atoms with Gasteiger partial charge in [-0.15, -0.1) is 0 Å². The number of carboxylic acid groups (broad SMARTS) is 2. The number of aromatic amines is 3. The van der Waals surface area contributed by atoms with Crippen LogP contribution in [-0.2, 0) is 16.0 Å². The van der Waals surface area contributed by atoms with Gasteiger partial charge in [-0.25, -0.2) is 4.99 Å². The summed E-state index contributed by atoms with van der Waals surface area (Å²) in [7, 11) is 0. The Morgan fingerprint density at radius 3 is 2.14 bits per heavy atom. The summed E-state index contributed by atoms with van der Waals surface area (Å²) >= 11 is 4.82. The van der Waals surface area contributed by atoms with Crippen molar-refractivity contribution in [2.24, 2.45) is 4.99 Å². The first-order valence-electron chi connectivity index (χ1n) is 14.5. The van der Waals surface area contributed by atoms with Gasteiger partial charge in [-0.2, -0.15) is 12.6 Å². The molecule has 0 radical (unpaired) electrons. The third-order valence-corrected chi connectivity index (χ3v) is 8.85. The number of aliphatic carboxylic acids is 2. The summed E-state index contributed by atoms with van der Waals surface area (Å²) in [6.07, 6.45) is 10.9. The van der Waals surface area contributed by atoms with Crippen molar-refractivity contribution < 1.29 is 19.8 Å². The van der Waals surface area contributed by atoms with Gasteiger partial charge in [0.1, 0.15) is 0 Å². The van der Waals surface area contributed by atoms with Crippen LogP contribution in [0.4, 0.5) is 0 Å². The number of allylic oxidation sites excluding steroid dienone is 2. The number of thiol groups is 1. The van der Waals surface area contributed by atoms with Gasteiger partial charge >= 0.3 is 11.9 Å². The number of rotatable bonds is 7. The van der Waals surface area contributed by atoms with Gasteiger partial charge in [0.15, 0.2) is 0 Å². The van der Waals surface area contributed by atoms with E-state index in [0.717, 1.165) is 83.0 Å². The van der Waals surface area contributed by atoms with E-state index in [-0.39, 0.29) is 18.1 Å². The summed E-state index contributed by atoms with van der Waals surface area (Å²) in [6, 6.07) is 0. The molecule has 5 rings (SSSR count). The molecule has 0 saturated carbocycles. The number of hydrogen-bond acceptors (Lipinski definition) is 4. The Bertz CT molecular complexity index is 2010. The summed E-state index contributed by atoms with van der Waals surface area (Å²) in [5.74, 6) is -1.74. The number of carboxylic acids is 2. The maximum absolute atomic E-state index is 11.6. The lowest BCUT2D eigenvalue weighted by Gasteiger charge is -2.05. The van der Waals surface area contributed by atoms with E-state index >= 15 is 0 Å². The smallest absolute Gasteiger partial charge is 0.303 e. The molecule has 0 aliphatic carbocycles. The Hall–Kier alpha value is -4.24. The molecule has 3 aromatic heterocycles. The maximum atomic E-state index is 11.6. The van der Waals surface area contributed by atoms with Gasteiger partial charge in [-0.1, -0.05) is 6.08 Å².